The molecule has 0 aliphatic heterocycles. The number of nitrogens with one attached hydrogen (secondary N) is 1. The summed E-state index contributed by atoms with van der Waals surface area (Å²) in [6, 6.07) is 2.85. The number of nitrogens with zero attached hydrogens (tertiary/aromatic N) is 2. The fraction of sp³-hybridized carbons (Fsp3) is 0.182. The van der Waals surface area contributed by atoms with Crippen LogP contribution in [0.25, 0.3) is 10.9 Å². The van der Waals surface area contributed by atoms with Crippen molar-refractivity contribution in [1.29, 1.82) is 0 Å². The van der Waals surface area contributed by atoms with Gasteiger partial charge in [-0.1, -0.05) is 15.9 Å². The number of fused-ring (bicyclic) bond motifs is 1. The van der Waals surface area contributed by atoms with Crippen molar-refractivity contribution in [2.45, 2.75) is 13.0 Å². The van der Waals surface area contributed by atoms with Crippen LogP contribution in [0.3, 0.4) is 0 Å². The second-order valence-electron chi connectivity index (χ2n) is 3.69. The summed E-state index contributed by atoms with van der Waals surface area (Å²) in [4.78, 5) is 18.9. The molecular weight excluding hydrogens is 366 g/mol. The lowest BCUT2D eigenvalue weighted by Crippen LogP contribution is -2.38. The summed E-state index contributed by atoms with van der Waals surface area (Å²) in [6.45, 7) is 1.50. The van der Waals surface area contributed by atoms with Crippen molar-refractivity contribution in [2.24, 2.45) is 0 Å². The molecule has 5 nitrogen and oxygen atoms in total. The molecule has 2 rings (SSSR count). The summed E-state index contributed by atoms with van der Waals surface area (Å²) in [7, 11) is 0. The summed E-state index contributed by atoms with van der Waals surface area (Å²) in [6.07, 6.45) is 1.38. The number of halogens is 2. The standard InChI is InChI=1S/C11H9Br2N3O2/c1-5(11(17)18)16-10-7-2-6(12)3-8(13)9(7)14-4-15-10/h2-5H,1H3,(H,17,18)(H,14,15,16)/p-1/t5-/m0/s1. The Labute approximate surface area is 120 Å². The molecule has 1 aromatic carbocycles. The molecule has 0 radical (unpaired) electrons. The van der Waals surface area contributed by atoms with Crippen LogP contribution < -0.4 is 10.4 Å². The summed E-state index contributed by atoms with van der Waals surface area (Å²) in [5.74, 6) is -0.727. The van der Waals surface area contributed by atoms with Crippen molar-refractivity contribution in [2.75, 3.05) is 5.32 Å². The molecule has 0 spiro atoms. The lowest BCUT2D eigenvalue weighted by molar-refractivity contribution is -0.306. The van der Waals surface area contributed by atoms with Gasteiger partial charge in [0.25, 0.3) is 0 Å². The van der Waals surface area contributed by atoms with Crippen molar-refractivity contribution in [3.05, 3.63) is 27.4 Å². The molecule has 0 bridgehead atoms. The summed E-state index contributed by atoms with van der Waals surface area (Å²) >= 11 is 6.77. The van der Waals surface area contributed by atoms with Crippen molar-refractivity contribution >= 4 is 54.5 Å². The van der Waals surface area contributed by atoms with Gasteiger partial charge in [-0.25, -0.2) is 9.97 Å². The molecule has 0 saturated carbocycles. The fourth-order valence-corrected chi connectivity index (χ4v) is 2.80. The number of hydrogen-bond acceptors (Lipinski definition) is 5. The largest absolute Gasteiger partial charge is 0.548 e. The predicted molar refractivity (Wildman–Crippen MR) is 73.0 cm³/mol. The van der Waals surface area contributed by atoms with Crippen LogP contribution in [0, 0.1) is 0 Å². The SMILES string of the molecule is C[C@H](Nc1ncnc2c(Br)cc(Br)cc12)C(=O)[O-]. The van der Waals surface area contributed by atoms with E-state index in [0.29, 0.717) is 11.3 Å². The molecule has 1 heterocycles. The normalized spacial score (nSPS) is 12.4. The van der Waals surface area contributed by atoms with Crippen LogP contribution in [-0.2, 0) is 4.79 Å². The molecule has 0 saturated heterocycles. The zero-order valence-corrected chi connectivity index (χ0v) is 12.4. The Hall–Kier alpha value is -1.21. The zero-order chi connectivity index (χ0) is 13.3. The maximum atomic E-state index is 10.7. The van der Waals surface area contributed by atoms with Gasteiger partial charge in [-0.15, -0.1) is 0 Å². The third-order valence-corrected chi connectivity index (χ3v) is 3.43. The molecule has 94 valence electrons. The van der Waals surface area contributed by atoms with E-state index in [4.69, 9.17) is 0 Å². The number of carbonyl (C=O) groups excluding carboxylic acids is 1. The lowest BCUT2D eigenvalue weighted by Gasteiger charge is -2.16. The topological polar surface area (TPSA) is 77.9 Å². The molecule has 0 amide bonds. The summed E-state index contributed by atoms with van der Waals surface area (Å²) in [5.41, 5.74) is 0.709. The van der Waals surface area contributed by atoms with E-state index >= 15 is 0 Å². The van der Waals surface area contributed by atoms with Gasteiger partial charge in [0.2, 0.25) is 0 Å². The molecule has 1 N–H and O–H groups in total. The van der Waals surface area contributed by atoms with Gasteiger partial charge in [0.15, 0.2) is 0 Å². The number of aliphatic carboxylic acids is 1. The van der Waals surface area contributed by atoms with Crippen LogP contribution in [0.5, 0.6) is 0 Å². The van der Waals surface area contributed by atoms with E-state index in [2.05, 4.69) is 47.1 Å². The molecule has 7 heteroatoms. The molecule has 2 aromatic rings. The number of hydrogen-bond donors (Lipinski definition) is 1. The van der Waals surface area contributed by atoms with Crippen LogP contribution in [0.4, 0.5) is 5.82 Å². The number of carbonyl (C=O) groups is 1. The Morgan fingerprint density at radius 2 is 2.11 bits per heavy atom. The molecule has 0 fully saturated rings. The van der Waals surface area contributed by atoms with E-state index in [1.54, 1.807) is 0 Å². The molecule has 1 atom stereocenters. The van der Waals surface area contributed by atoms with E-state index in [0.717, 1.165) is 14.3 Å². The first-order valence-electron chi connectivity index (χ1n) is 5.06. The molecule has 0 unspecified atom stereocenters. The first-order valence-corrected chi connectivity index (χ1v) is 6.65. The number of benzene rings is 1. The maximum absolute atomic E-state index is 10.7. The molecule has 18 heavy (non-hydrogen) atoms. The van der Waals surface area contributed by atoms with Gasteiger partial charge in [0.05, 0.1) is 17.5 Å². The van der Waals surface area contributed by atoms with Gasteiger partial charge in [-0.3, -0.25) is 0 Å². The number of carboxylic acids is 1. The van der Waals surface area contributed by atoms with Gasteiger partial charge >= 0.3 is 0 Å². The van der Waals surface area contributed by atoms with Gasteiger partial charge in [-0.05, 0) is 35.0 Å². The Bertz CT molecular complexity index is 619. The Balaban J connectivity index is 2.54. The number of anilines is 1. The fourth-order valence-electron chi connectivity index (χ4n) is 1.47. The predicted octanol–water partition coefficient (Wildman–Crippen LogP) is 1.71. The van der Waals surface area contributed by atoms with E-state index in [1.807, 2.05) is 12.1 Å². The summed E-state index contributed by atoms with van der Waals surface area (Å²) in [5, 5.41) is 14.3. The van der Waals surface area contributed by atoms with Crippen LogP contribution in [0.1, 0.15) is 6.92 Å². The van der Waals surface area contributed by atoms with Crippen molar-refractivity contribution in [1.82, 2.24) is 9.97 Å². The van der Waals surface area contributed by atoms with E-state index < -0.39 is 12.0 Å². The third-order valence-electron chi connectivity index (χ3n) is 2.36. The lowest BCUT2D eigenvalue weighted by atomic mass is 10.2. The monoisotopic (exact) mass is 372 g/mol. The highest BCUT2D eigenvalue weighted by Crippen LogP contribution is 2.30. The van der Waals surface area contributed by atoms with Gasteiger partial charge in [0.1, 0.15) is 12.1 Å². The molecule has 0 aliphatic rings. The number of aromatic nitrogens is 2. The Morgan fingerprint density at radius 3 is 2.78 bits per heavy atom. The minimum atomic E-state index is -1.18. The number of rotatable bonds is 3. The van der Waals surface area contributed by atoms with E-state index in [9.17, 15) is 9.90 Å². The highest BCUT2D eigenvalue weighted by molar-refractivity contribution is 9.11. The minimum absolute atomic E-state index is 0.457. The molecule has 0 aliphatic carbocycles. The highest BCUT2D eigenvalue weighted by Gasteiger charge is 2.10. The third kappa shape index (κ3) is 2.62. The first-order chi connectivity index (χ1) is 8.49. The van der Waals surface area contributed by atoms with Crippen molar-refractivity contribution in [3.63, 3.8) is 0 Å². The van der Waals surface area contributed by atoms with Crippen molar-refractivity contribution < 1.29 is 9.90 Å². The smallest absolute Gasteiger partial charge is 0.137 e. The van der Waals surface area contributed by atoms with Crippen molar-refractivity contribution in [3.8, 4) is 0 Å². The Kier molecular flexibility index (Phi) is 3.82. The van der Waals surface area contributed by atoms with Gasteiger partial charge in [-0.2, -0.15) is 0 Å². The van der Waals surface area contributed by atoms with Crippen LogP contribution in [0.15, 0.2) is 27.4 Å². The average molecular weight is 374 g/mol. The minimum Gasteiger partial charge on any atom is -0.548 e. The summed E-state index contributed by atoms with van der Waals surface area (Å²) < 4.78 is 1.65. The van der Waals surface area contributed by atoms with Gasteiger partial charge < -0.3 is 15.2 Å². The quantitative estimate of drug-likeness (QED) is 0.885. The van der Waals surface area contributed by atoms with Crippen LogP contribution >= 0.6 is 31.9 Å². The zero-order valence-electron chi connectivity index (χ0n) is 9.28. The average Bonchev–Trinajstić information content (AvgIpc) is 2.29. The maximum Gasteiger partial charge on any atom is 0.137 e. The molecule has 1 aromatic heterocycles. The van der Waals surface area contributed by atoms with E-state index in [-0.39, 0.29) is 0 Å². The second kappa shape index (κ2) is 5.19. The van der Waals surface area contributed by atoms with Crippen LogP contribution in [0.2, 0.25) is 0 Å². The second-order valence-corrected chi connectivity index (χ2v) is 5.46. The highest BCUT2D eigenvalue weighted by atomic mass is 79.9. The molecular formula is C11H8Br2N3O2-. The Morgan fingerprint density at radius 1 is 1.39 bits per heavy atom. The van der Waals surface area contributed by atoms with Crippen LogP contribution in [-0.4, -0.2) is 22.0 Å². The van der Waals surface area contributed by atoms with E-state index in [1.165, 1.54) is 13.3 Å². The van der Waals surface area contributed by atoms with Gasteiger partial charge in [0, 0.05) is 14.3 Å². The number of carboxylic acid groups (broad SMARTS) is 1. The first kappa shape index (κ1) is 13.2.